The van der Waals surface area contributed by atoms with Crippen LogP contribution in [0, 0.1) is 6.92 Å². The largest absolute Gasteiger partial charge is 0.350 e. The molecule has 0 aliphatic heterocycles. The van der Waals surface area contributed by atoms with Crippen molar-refractivity contribution >= 4 is 17.7 Å². The van der Waals surface area contributed by atoms with Crippen molar-refractivity contribution in [3.63, 3.8) is 0 Å². The number of carbonyl (C=O) groups is 1. The molecule has 0 fully saturated rings. The van der Waals surface area contributed by atoms with Crippen LogP contribution < -0.4 is 10.9 Å². The number of H-pyrrole nitrogens is 2. The first kappa shape index (κ1) is 18.3. The van der Waals surface area contributed by atoms with E-state index in [9.17, 15) is 9.59 Å². The second-order valence-corrected chi connectivity index (χ2v) is 8.03. The van der Waals surface area contributed by atoms with Gasteiger partial charge in [0.15, 0.2) is 5.16 Å². The number of aryl methyl sites for hydroxylation is 1. The summed E-state index contributed by atoms with van der Waals surface area (Å²) in [6.07, 6.45) is 0. The molecule has 1 amide bonds. The van der Waals surface area contributed by atoms with Crippen LogP contribution in [0.25, 0.3) is 0 Å². The summed E-state index contributed by atoms with van der Waals surface area (Å²) < 4.78 is 0. The standard InChI is InChI=1S/C16H23N5O2S/c1-9-6-13(22)19-15(18-9)24-10(2)14(23)17-8-11-7-12(21-20-11)16(3,4)5/h6-7,10H,8H2,1-5H3,(H,17,23)(H,20,21)(H,18,19,22). The van der Waals surface area contributed by atoms with Crippen LogP contribution >= 0.6 is 11.8 Å². The molecule has 0 saturated carbocycles. The zero-order valence-corrected chi connectivity index (χ0v) is 15.4. The highest BCUT2D eigenvalue weighted by atomic mass is 32.2. The maximum Gasteiger partial charge on any atom is 0.251 e. The summed E-state index contributed by atoms with van der Waals surface area (Å²) in [6, 6.07) is 3.37. The van der Waals surface area contributed by atoms with Gasteiger partial charge in [-0.25, -0.2) is 4.98 Å². The molecule has 2 heterocycles. The number of aromatic nitrogens is 4. The Labute approximate surface area is 145 Å². The number of nitrogens with one attached hydrogen (secondary N) is 3. The zero-order chi connectivity index (χ0) is 17.9. The van der Waals surface area contributed by atoms with Gasteiger partial charge in [-0.3, -0.25) is 14.7 Å². The summed E-state index contributed by atoms with van der Waals surface area (Å²) in [6.45, 7) is 10.1. The SMILES string of the molecule is Cc1cc(=O)[nH]c(SC(C)C(=O)NCc2cc(C(C)(C)C)n[nH]2)n1. The molecule has 2 aromatic rings. The molecule has 0 aliphatic carbocycles. The molecule has 2 aromatic heterocycles. The van der Waals surface area contributed by atoms with Gasteiger partial charge in [0.1, 0.15) is 0 Å². The molecule has 1 unspecified atom stereocenters. The number of amides is 1. The topological polar surface area (TPSA) is 104 Å². The third-order valence-corrected chi connectivity index (χ3v) is 4.34. The summed E-state index contributed by atoms with van der Waals surface area (Å²) in [4.78, 5) is 30.5. The summed E-state index contributed by atoms with van der Waals surface area (Å²) in [5, 5.41) is 10.1. The van der Waals surface area contributed by atoms with Crippen molar-refractivity contribution in [2.75, 3.05) is 0 Å². The van der Waals surface area contributed by atoms with E-state index in [1.54, 1.807) is 13.8 Å². The lowest BCUT2D eigenvalue weighted by atomic mass is 9.92. The number of hydrogen-bond donors (Lipinski definition) is 3. The lowest BCUT2D eigenvalue weighted by molar-refractivity contribution is -0.120. The highest BCUT2D eigenvalue weighted by molar-refractivity contribution is 8.00. The van der Waals surface area contributed by atoms with Gasteiger partial charge in [-0.15, -0.1) is 0 Å². The predicted octanol–water partition coefficient (Wildman–Crippen LogP) is 1.90. The number of carbonyl (C=O) groups excluding carboxylic acids is 1. The molecule has 24 heavy (non-hydrogen) atoms. The molecule has 0 bridgehead atoms. The fourth-order valence-corrected chi connectivity index (χ4v) is 2.87. The van der Waals surface area contributed by atoms with Gasteiger partial charge < -0.3 is 10.3 Å². The van der Waals surface area contributed by atoms with E-state index in [4.69, 9.17) is 0 Å². The molecule has 0 spiro atoms. The fourth-order valence-electron chi connectivity index (χ4n) is 1.99. The maximum atomic E-state index is 12.2. The Morgan fingerprint density at radius 2 is 2.08 bits per heavy atom. The minimum atomic E-state index is -0.375. The summed E-state index contributed by atoms with van der Waals surface area (Å²) in [7, 11) is 0. The summed E-state index contributed by atoms with van der Waals surface area (Å²) in [5.74, 6) is -0.129. The lowest BCUT2D eigenvalue weighted by Gasteiger charge is -2.13. The molecule has 8 heteroatoms. The molecular formula is C16H23N5O2S. The third kappa shape index (κ3) is 4.95. The van der Waals surface area contributed by atoms with E-state index < -0.39 is 0 Å². The van der Waals surface area contributed by atoms with Gasteiger partial charge in [0, 0.05) is 17.2 Å². The van der Waals surface area contributed by atoms with Gasteiger partial charge in [0.2, 0.25) is 5.91 Å². The average Bonchev–Trinajstić information content (AvgIpc) is 2.92. The van der Waals surface area contributed by atoms with Gasteiger partial charge in [0.25, 0.3) is 5.56 Å². The number of thioether (sulfide) groups is 1. The highest BCUT2D eigenvalue weighted by Crippen LogP contribution is 2.21. The molecule has 0 aliphatic rings. The number of aromatic amines is 2. The van der Waals surface area contributed by atoms with E-state index in [1.807, 2.05) is 6.07 Å². The quantitative estimate of drug-likeness (QED) is 0.565. The Morgan fingerprint density at radius 3 is 2.67 bits per heavy atom. The molecule has 1 atom stereocenters. The molecule has 130 valence electrons. The number of nitrogens with zero attached hydrogens (tertiary/aromatic N) is 2. The van der Waals surface area contributed by atoms with Crippen molar-refractivity contribution in [2.24, 2.45) is 0 Å². The molecule has 7 nitrogen and oxygen atoms in total. The second-order valence-electron chi connectivity index (χ2n) is 6.70. The molecule has 0 aromatic carbocycles. The smallest absolute Gasteiger partial charge is 0.251 e. The van der Waals surface area contributed by atoms with Crippen molar-refractivity contribution in [2.45, 2.75) is 57.0 Å². The fraction of sp³-hybridized carbons (Fsp3) is 0.500. The van der Waals surface area contributed by atoms with Crippen molar-refractivity contribution in [1.29, 1.82) is 0 Å². The van der Waals surface area contributed by atoms with Crippen LogP contribution in [0.1, 0.15) is 44.8 Å². The van der Waals surface area contributed by atoms with Gasteiger partial charge >= 0.3 is 0 Å². The van der Waals surface area contributed by atoms with Gasteiger partial charge in [0.05, 0.1) is 23.2 Å². The first-order valence-corrected chi connectivity index (χ1v) is 8.60. The molecule has 0 saturated heterocycles. The van der Waals surface area contributed by atoms with E-state index >= 15 is 0 Å². The molecular weight excluding hydrogens is 326 g/mol. The average molecular weight is 349 g/mol. The van der Waals surface area contributed by atoms with Crippen molar-refractivity contribution in [3.05, 3.63) is 39.6 Å². The van der Waals surface area contributed by atoms with Crippen LogP contribution in [0.3, 0.4) is 0 Å². The first-order valence-electron chi connectivity index (χ1n) is 7.72. The Balaban J connectivity index is 1.92. The van der Waals surface area contributed by atoms with Gasteiger partial charge in [-0.1, -0.05) is 32.5 Å². The van der Waals surface area contributed by atoms with Crippen molar-refractivity contribution in [1.82, 2.24) is 25.5 Å². The Kier molecular flexibility index (Phi) is 5.48. The Bertz CT molecular complexity index is 775. The molecule has 3 N–H and O–H groups in total. The normalized spacial score (nSPS) is 12.9. The van der Waals surface area contributed by atoms with Gasteiger partial charge in [-0.05, 0) is 19.9 Å². The lowest BCUT2D eigenvalue weighted by Crippen LogP contribution is -2.30. The van der Waals surface area contributed by atoms with E-state index in [2.05, 4.69) is 46.3 Å². The molecule has 2 rings (SSSR count). The van der Waals surface area contributed by atoms with Crippen LogP contribution in [0.5, 0.6) is 0 Å². The monoisotopic (exact) mass is 349 g/mol. The second kappa shape index (κ2) is 7.21. The minimum Gasteiger partial charge on any atom is -0.350 e. The maximum absolute atomic E-state index is 12.2. The Morgan fingerprint density at radius 1 is 1.38 bits per heavy atom. The van der Waals surface area contributed by atoms with Crippen LogP contribution in [0.4, 0.5) is 0 Å². The summed E-state index contributed by atoms with van der Waals surface area (Å²) >= 11 is 1.22. The predicted molar refractivity (Wildman–Crippen MR) is 94.0 cm³/mol. The highest BCUT2D eigenvalue weighted by Gasteiger charge is 2.19. The van der Waals surface area contributed by atoms with Gasteiger partial charge in [-0.2, -0.15) is 5.10 Å². The van der Waals surface area contributed by atoms with E-state index in [0.29, 0.717) is 17.4 Å². The van der Waals surface area contributed by atoms with Crippen LogP contribution in [0.15, 0.2) is 22.1 Å². The van der Waals surface area contributed by atoms with Crippen LogP contribution in [-0.2, 0) is 16.8 Å². The minimum absolute atomic E-state index is 0.0371. The van der Waals surface area contributed by atoms with Crippen LogP contribution in [-0.4, -0.2) is 31.3 Å². The van der Waals surface area contributed by atoms with E-state index in [-0.39, 0.29) is 22.1 Å². The van der Waals surface area contributed by atoms with E-state index in [0.717, 1.165) is 11.4 Å². The first-order chi connectivity index (χ1) is 11.1. The van der Waals surface area contributed by atoms with E-state index in [1.165, 1.54) is 17.8 Å². The van der Waals surface area contributed by atoms with Crippen molar-refractivity contribution in [3.8, 4) is 0 Å². The molecule has 0 radical (unpaired) electrons. The third-order valence-electron chi connectivity index (χ3n) is 3.36. The van der Waals surface area contributed by atoms with Crippen LogP contribution in [0.2, 0.25) is 0 Å². The Hall–Kier alpha value is -2.09. The van der Waals surface area contributed by atoms with Crippen molar-refractivity contribution < 1.29 is 4.79 Å². The number of hydrogen-bond acceptors (Lipinski definition) is 5. The summed E-state index contributed by atoms with van der Waals surface area (Å²) in [5.41, 5.74) is 2.18. The number of rotatable bonds is 5. The zero-order valence-electron chi connectivity index (χ0n) is 14.6.